The molecule has 0 aliphatic heterocycles. The van der Waals surface area contributed by atoms with Crippen LogP contribution in [0.3, 0.4) is 0 Å². The smallest absolute Gasteiger partial charge is 0.143 e. The van der Waals surface area contributed by atoms with Crippen LogP contribution in [0.2, 0.25) is 0 Å². The number of hydrogen-bond acceptors (Lipinski definition) is 3. The SMILES string of the molecule is Cc1cc(C)c2nc3cccc(O)c3nc2c1. The van der Waals surface area contributed by atoms with Gasteiger partial charge in [-0.15, -0.1) is 0 Å². The second-order valence-corrected chi connectivity index (χ2v) is 4.32. The van der Waals surface area contributed by atoms with Gasteiger partial charge >= 0.3 is 0 Å². The van der Waals surface area contributed by atoms with Gasteiger partial charge in [-0.2, -0.15) is 0 Å². The maximum absolute atomic E-state index is 9.77. The summed E-state index contributed by atoms with van der Waals surface area (Å²) >= 11 is 0. The van der Waals surface area contributed by atoms with E-state index in [1.807, 2.05) is 26.0 Å². The number of nitrogens with zero attached hydrogens (tertiary/aromatic N) is 2. The second-order valence-electron chi connectivity index (χ2n) is 4.32. The van der Waals surface area contributed by atoms with Crippen LogP contribution in [-0.4, -0.2) is 15.1 Å². The molecule has 3 nitrogen and oxygen atoms in total. The van der Waals surface area contributed by atoms with E-state index in [1.54, 1.807) is 12.1 Å². The lowest BCUT2D eigenvalue weighted by Gasteiger charge is -2.05. The van der Waals surface area contributed by atoms with E-state index in [1.165, 1.54) is 0 Å². The van der Waals surface area contributed by atoms with E-state index in [0.29, 0.717) is 5.52 Å². The zero-order chi connectivity index (χ0) is 12.0. The Morgan fingerprint density at radius 3 is 2.53 bits per heavy atom. The van der Waals surface area contributed by atoms with E-state index in [9.17, 15) is 5.11 Å². The second kappa shape index (κ2) is 3.42. The predicted octanol–water partition coefficient (Wildman–Crippen LogP) is 3.11. The number of aromatic hydroxyl groups is 1. The zero-order valence-electron chi connectivity index (χ0n) is 9.73. The largest absolute Gasteiger partial charge is 0.506 e. The number of para-hydroxylation sites is 1. The molecule has 2 aromatic carbocycles. The number of rotatable bonds is 0. The summed E-state index contributed by atoms with van der Waals surface area (Å²) in [5.41, 5.74) is 5.27. The van der Waals surface area contributed by atoms with Crippen molar-refractivity contribution >= 4 is 22.1 Å². The van der Waals surface area contributed by atoms with Gasteiger partial charge in [-0.05, 0) is 43.2 Å². The van der Waals surface area contributed by atoms with E-state index in [0.717, 1.165) is 27.7 Å². The third-order valence-electron chi connectivity index (χ3n) is 2.88. The summed E-state index contributed by atoms with van der Waals surface area (Å²) in [7, 11) is 0. The van der Waals surface area contributed by atoms with E-state index < -0.39 is 0 Å². The van der Waals surface area contributed by atoms with Crippen molar-refractivity contribution in [2.45, 2.75) is 13.8 Å². The van der Waals surface area contributed by atoms with Gasteiger partial charge < -0.3 is 5.11 Å². The topological polar surface area (TPSA) is 46.0 Å². The van der Waals surface area contributed by atoms with Crippen LogP contribution in [0.5, 0.6) is 5.75 Å². The summed E-state index contributed by atoms with van der Waals surface area (Å²) in [5.74, 6) is 0.177. The van der Waals surface area contributed by atoms with Gasteiger partial charge in [0.15, 0.2) is 0 Å². The molecule has 1 heterocycles. The molecule has 0 spiro atoms. The first kappa shape index (κ1) is 10.0. The average Bonchev–Trinajstić information content (AvgIpc) is 2.28. The normalized spacial score (nSPS) is 11.2. The minimum absolute atomic E-state index is 0.177. The first-order valence-electron chi connectivity index (χ1n) is 5.52. The maximum Gasteiger partial charge on any atom is 0.143 e. The van der Waals surface area contributed by atoms with Gasteiger partial charge in [0.1, 0.15) is 11.3 Å². The Bertz CT molecular complexity index is 735. The highest BCUT2D eigenvalue weighted by Gasteiger charge is 2.07. The molecule has 3 aromatic rings. The Hall–Kier alpha value is -2.16. The van der Waals surface area contributed by atoms with Crippen molar-refractivity contribution in [2.75, 3.05) is 0 Å². The molecule has 1 aromatic heterocycles. The number of hydrogen-bond donors (Lipinski definition) is 1. The molecular formula is C14H12N2O. The minimum atomic E-state index is 0.177. The highest BCUT2D eigenvalue weighted by Crippen LogP contribution is 2.25. The molecule has 0 aliphatic carbocycles. The lowest BCUT2D eigenvalue weighted by molar-refractivity contribution is 0.480. The fourth-order valence-corrected chi connectivity index (χ4v) is 2.13. The van der Waals surface area contributed by atoms with Crippen molar-refractivity contribution in [3.8, 4) is 5.75 Å². The highest BCUT2D eigenvalue weighted by molar-refractivity contribution is 5.90. The monoisotopic (exact) mass is 224 g/mol. The molecule has 17 heavy (non-hydrogen) atoms. The zero-order valence-corrected chi connectivity index (χ0v) is 9.73. The quantitative estimate of drug-likeness (QED) is 0.597. The molecule has 0 saturated heterocycles. The van der Waals surface area contributed by atoms with E-state index in [4.69, 9.17) is 0 Å². The molecule has 0 radical (unpaired) electrons. The van der Waals surface area contributed by atoms with Crippen LogP contribution < -0.4 is 0 Å². The van der Waals surface area contributed by atoms with Crippen molar-refractivity contribution < 1.29 is 5.11 Å². The van der Waals surface area contributed by atoms with Crippen molar-refractivity contribution in [1.29, 1.82) is 0 Å². The molecule has 84 valence electrons. The molecule has 0 atom stereocenters. The first-order valence-corrected chi connectivity index (χ1v) is 5.52. The number of benzene rings is 2. The van der Waals surface area contributed by atoms with Gasteiger partial charge in [0.2, 0.25) is 0 Å². The van der Waals surface area contributed by atoms with Crippen LogP contribution in [0.4, 0.5) is 0 Å². The minimum Gasteiger partial charge on any atom is -0.506 e. The van der Waals surface area contributed by atoms with E-state index in [2.05, 4.69) is 16.0 Å². The van der Waals surface area contributed by atoms with Gasteiger partial charge in [0.25, 0.3) is 0 Å². The number of fused-ring (bicyclic) bond motifs is 2. The predicted molar refractivity (Wildman–Crippen MR) is 68.2 cm³/mol. The van der Waals surface area contributed by atoms with Crippen molar-refractivity contribution in [1.82, 2.24) is 9.97 Å². The molecule has 0 unspecified atom stereocenters. The Balaban J connectivity index is 2.52. The summed E-state index contributed by atoms with van der Waals surface area (Å²) in [5, 5.41) is 9.77. The van der Waals surface area contributed by atoms with Gasteiger partial charge in [0.05, 0.1) is 16.6 Å². The average molecular weight is 224 g/mol. The number of phenolic OH excluding ortho intramolecular Hbond substituents is 1. The van der Waals surface area contributed by atoms with Crippen molar-refractivity contribution in [3.63, 3.8) is 0 Å². The highest BCUT2D eigenvalue weighted by atomic mass is 16.3. The first-order chi connectivity index (χ1) is 8.15. The fourth-order valence-electron chi connectivity index (χ4n) is 2.13. The van der Waals surface area contributed by atoms with Crippen LogP contribution in [0.1, 0.15) is 11.1 Å². The van der Waals surface area contributed by atoms with Crippen molar-refractivity contribution in [2.24, 2.45) is 0 Å². The third-order valence-corrected chi connectivity index (χ3v) is 2.88. The molecule has 1 N–H and O–H groups in total. The van der Waals surface area contributed by atoms with Crippen LogP contribution in [0.15, 0.2) is 30.3 Å². The third kappa shape index (κ3) is 1.51. The van der Waals surface area contributed by atoms with Crippen LogP contribution >= 0.6 is 0 Å². The summed E-state index contributed by atoms with van der Waals surface area (Å²) in [6.07, 6.45) is 0. The molecule has 3 heteroatoms. The molecular weight excluding hydrogens is 212 g/mol. The Morgan fingerprint density at radius 1 is 0.941 bits per heavy atom. The number of aryl methyl sites for hydroxylation is 2. The van der Waals surface area contributed by atoms with Gasteiger partial charge in [0, 0.05) is 0 Å². The summed E-state index contributed by atoms with van der Waals surface area (Å²) in [6.45, 7) is 4.06. The Kier molecular flexibility index (Phi) is 2.01. The molecule has 0 saturated carbocycles. The maximum atomic E-state index is 9.77. The van der Waals surface area contributed by atoms with Crippen LogP contribution in [0.25, 0.3) is 22.1 Å². The molecule has 3 rings (SSSR count). The lowest BCUT2D eigenvalue weighted by Crippen LogP contribution is -1.91. The lowest BCUT2D eigenvalue weighted by atomic mass is 10.1. The van der Waals surface area contributed by atoms with Crippen LogP contribution in [0, 0.1) is 13.8 Å². The van der Waals surface area contributed by atoms with Gasteiger partial charge in [-0.3, -0.25) is 0 Å². The van der Waals surface area contributed by atoms with Gasteiger partial charge in [-0.25, -0.2) is 9.97 Å². The molecule has 0 bridgehead atoms. The van der Waals surface area contributed by atoms with E-state index >= 15 is 0 Å². The molecule has 0 aliphatic rings. The fraction of sp³-hybridized carbons (Fsp3) is 0.143. The molecule has 0 amide bonds. The van der Waals surface area contributed by atoms with Gasteiger partial charge in [-0.1, -0.05) is 12.1 Å². The summed E-state index contributed by atoms with van der Waals surface area (Å²) in [4.78, 5) is 9.04. The Morgan fingerprint density at radius 2 is 1.71 bits per heavy atom. The summed E-state index contributed by atoms with van der Waals surface area (Å²) < 4.78 is 0. The molecule has 0 fully saturated rings. The van der Waals surface area contributed by atoms with Crippen LogP contribution in [-0.2, 0) is 0 Å². The Labute approximate surface area is 98.8 Å². The standard InChI is InChI=1S/C14H12N2O/c1-8-6-9(2)13-11(7-8)16-14-10(15-13)4-3-5-12(14)17/h3-7,17H,1-2H3. The summed E-state index contributed by atoms with van der Waals surface area (Å²) in [6, 6.07) is 9.35. The number of aromatic nitrogens is 2. The number of phenols is 1. The van der Waals surface area contributed by atoms with E-state index in [-0.39, 0.29) is 5.75 Å². The van der Waals surface area contributed by atoms with Crippen molar-refractivity contribution in [3.05, 3.63) is 41.5 Å².